The molecule has 5 aromatic heterocycles. The van der Waals surface area contributed by atoms with Crippen LogP contribution in [0.25, 0.3) is 103 Å². The number of fused-ring (bicyclic) bond motifs is 10. The molecule has 0 saturated heterocycles. The van der Waals surface area contributed by atoms with Gasteiger partial charge in [-0.2, -0.15) is 0 Å². The van der Waals surface area contributed by atoms with Gasteiger partial charge in [0, 0.05) is 53.3 Å². The maximum Gasteiger partial charge on any atom is 0.197 e. The van der Waals surface area contributed by atoms with Gasteiger partial charge in [-0.05, 0) is 119 Å². The van der Waals surface area contributed by atoms with Crippen molar-refractivity contribution in [2.45, 2.75) is 19.3 Å². The van der Waals surface area contributed by atoms with Gasteiger partial charge in [-0.1, -0.05) is 86.6 Å². The molecule has 0 amide bonds. The maximum absolute atomic E-state index is 14.3. The van der Waals surface area contributed by atoms with Crippen LogP contribution in [0.1, 0.15) is 25.0 Å². The van der Waals surface area contributed by atoms with Crippen LogP contribution in [0, 0.1) is 0 Å². The topological polar surface area (TPSA) is 44.8 Å². The van der Waals surface area contributed by atoms with E-state index < -0.39 is 0 Å². The van der Waals surface area contributed by atoms with Crippen LogP contribution in [0.3, 0.4) is 0 Å². The summed E-state index contributed by atoms with van der Waals surface area (Å²) in [6.07, 6.45) is 0. The van der Waals surface area contributed by atoms with Gasteiger partial charge in [0.05, 0.1) is 33.1 Å². The van der Waals surface area contributed by atoms with Crippen LogP contribution in [0.2, 0.25) is 0 Å². The SMILES string of the molecule is CC1(C)c2ccccc2-c2cc3c4ccccc4n(-c4ccc(-c5nc6cc7c(=O)c8ccccc8n(-c8ccccc8)c7cc6n5-c5cc6sccc6s5)cc4)c3cc21. The number of nitrogens with zero attached hydrogens (tertiary/aromatic N) is 4. The van der Waals surface area contributed by atoms with Crippen LogP contribution in [0.15, 0.2) is 174 Å². The van der Waals surface area contributed by atoms with E-state index in [9.17, 15) is 4.79 Å². The van der Waals surface area contributed by atoms with E-state index in [0.29, 0.717) is 10.8 Å². The molecule has 0 bridgehead atoms. The molecule has 13 rings (SSSR count). The monoisotopic (exact) mass is 806 g/mol. The summed E-state index contributed by atoms with van der Waals surface area (Å²) in [7, 11) is 0. The molecule has 0 unspecified atom stereocenters. The van der Waals surface area contributed by atoms with E-state index in [2.05, 4.69) is 148 Å². The van der Waals surface area contributed by atoms with Gasteiger partial charge in [0.1, 0.15) is 10.8 Å². The number of benzene rings is 7. The quantitative estimate of drug-likeness (QED) is 0.166. The highest BCUT2D eigenvalue weighted by molar-refractivity contribution is 7.28. The predicted octanol–water partition coefficient (Wildman–Crippen LogP) is 13.8. The summed E-state index contributed by atoms with van der Waals surface area (Å²) in [6.45, 7) is 4.69. The Kier molecular flexibility index (Phi) is 6.91. The van der Waals surface area contributed by atoms with E-state index in [4.69, 9.17) is 4.98 Å². The highest BCUT2D eigenvalue weighted by Gasteiger charge is 2.36. The molecule has 0 saturated carbocycles. The molecule has 0 atom stereocenters. The molecule has 5 nitrogen and oxygen atoms in total. The van der Waals surface area contributed by atoms with Crippen LogP contribution in [-0.4, -0.2) is 18.7 Å². The first-order valence-corrected chi connectivity index (χ1v) is 21.9. The number of rotatable bonds is 4. The van der Waals surface area contributed by atoms with Crippen molar-refractivity contribution < 1.29 is 0 Å². The molecule has 5 heterocycles. The van der Waals surface area contributed by atoms with Crippen molar-refractivity contribution in [3.63, 3.8) is 0 Å². The Bertz CT molecular complexity index is 3790. The van der Waals surface area contributed by atoms with Crippen molar-refractivity contribution in [3.8, 4) is 38.9 Å². The highest BCUT2D eigenvalue weighted by atomic mass is 32.1. The predicted molar refractivity (Wildman–Crippen MR) is 252 cm³/mol. The molecule has 1 aliphatic rings. The molecule has 284 valence electrons. The largest absolute Gasteiger partial charge is 0.309 e. The van der Waals surface area contributed by atoms with Gasteiger partial charge in [0.25, 0.3) is 0 Å². The van der Waals surface area contributed by atoms with E-state index in [0.717, 1.165) is 49.8 Å². The van der Waals surface area contributed by atoms with Gasteiger partial charge >= 0.3 is 0 Å². The third kappa shape index (κ3) is 4.61. The van der Waals surface area contributed by atoms with Crippen molar-refractivity contribution in [1.82, 2.24) is 18.7 Å². The average molecular weight is 807 g/mol. The number of thiophene rings is 2. The average Bonchev–Trinajstić information content (AvgIpc) is 4.09. The second kappa shape index (κ2) is 12.2. The first-order chi connectivity index (χ1) is 29.4. The molecule has 7 heteroatoms. The molecule has 12 aromatic rings. The fourth-order valence-corrected chi connectivity index (χ4v) is 12.1. The smallest absolute Gasteiger partial charge is 0.197 e. The lowest BCUT2D eigenvalue weighted by Crippen LogP contribution is -2.14. The summed E-state index contributed by atoms with van der Waals surface area (Å²) < 4.78 is 9.41. The number of para-hydroxylation sites is 3. The normalized spacial score (nSPS) is 13.4. The number of hydrogen-bond acceptors (Lipinski definition) is 4. The van der Waals surface area contributed by atoms with Gasteiger partial charge in [-0.15, -0.1) is 22.7 Å². The van der Waals surface area contributed by atoms with Crippen LogP contribution in [0.4, 0.5) is 0 Å². The summed E-state index contributed by atoms with van der Waals surface area (Å²) in [5.74, 6) is 0.837. The highest BCUT2D eigenvalue weighted by Crippen LogP contribution is 2.51. The summed E-state index contributed by atoms with van der Waals surface area (Å²) in [6, 6.07) is 58.2. The minimum Gasteiger partial charge on any atom is -0.309 e. The van der Waals surface area contributed by atoms with Crippen molar-refractivity contribution in [2.75, 3.05) is 0 Å². The van der Waals surface area contributed by atoms with Crippen LogP contribution >= 0.6 is 22.7 Å². The van der Waals surface area contributed by atoms with E-state index in [-0.39, 0.29) is 10.8 Å². The number of aromatic nitrogens is 4. The molecule has 7 aromatic carbocycles. The number of hydrogen-bond donors (Lipinski definition) is 0. The molecule has 0 aliphatic heterocycles. The third-order valence-electron chi connectivity index (χ3n) is 12.8. The lowest BCUT2D eigenvalue weighted by atomic mass is 9.82. The Morgan fingerprint density at radius 1 is 0.500 bits per heavy atom. The fraction of sp³-hybridized carbons (Fsp3) is 0.0566. The number of imidazole rings is 1. The van der Waals surface area contributed by atoms with E-state index in [1.54, 1.807) is 22.7 Å². The molecule has 0 N–H and O–H groups in total. The van der Waals surface area contributed by atoms with Crippen molar-refractivity contribution in [3.05, 3.63) is 191 Å². The molecule has 0 spiro atoms. The van der Waals surface area contributed by atoms with Crippen molar-refractivity contribution in [2.24, 2.45) is 0 Å². The Balaban J connectivity index is 1.04. The van der Waals surface area contributed by atoms with Crippen LogP contribution < -0.4 is 5.43 Å². The van der Waals surface area contributed by atoms with E-state index >= 15 is 0 Å². The van der Waals surface area contributed by atoms with Crippen LogP contribution in [0.5, 0.6) is 0 Å². The lowest BCUT2D eigenvalue weighted by Gasteiger charge is -2.21. The Labute approximate surface area is 352 Å². The molecule has 0 fully saturated rings. The Hall–Kier alpha value is -7.06. The molecule has 0 radical (unpaired) electrons. The maximum atomic E-state index is 14.3. The zero-order valence-corrected chi connectivity index (χ0v) is 34.3. The minimum absolute atomic E-state index is 0.0101. The van der Waals surface area contributed by atoms with Gasteiger partial charge in [0.2, 0.25) is 0 Å². The van der Waals surface area contributed by atoms with E-state index in [1.807, 2.05) is 48.5 Å². The minimum atomic E-state index is -0.106. The van der Waals surface area contributed by atoms with Crippen molar-refractivity contribution >= 4 is 86.7 Å². The molecular weight excluding hydrogens is 773 g/mol. The van der Waals surface area contributed by atoms with Gasteiger partial charge in [-0.3, -0.25) is 9.36 Å². The second-order valence-electron chi connectivity index (χ2n) is 16.4. The first-order valence-electron chi connectivity index (χ1n) is 20.2. The summed E-state index contributed by atoms with van der Waals surface area (Å²) >= 11 is 3.52. The van der Waals surface area contributed by atoms with Crippen LogP contribution in [-0.2, 0) is 5.41 Å². The number of pyridine rings is 1. The van der Waals surface area contributed by atoms with Gasteiger partial charge in [-0.25, -0.2) is 4.98 Å². The summed E-state index contributed by atoms with van der Waals surface area (Å²) in [5.41, 5.74) is 14.2. The summed E-state index contributed by atoms with van der Waals surface area (Å²) in [4.78, 5) is 19.6. The summed E-state index contributed by atoms with van der Waals surface area (Å²) in [5, 5.41) is 7.07. The zero-order valence-electron chi connectivity index (χ0n) is 32.7. The Morgan fingerprint density at radius 2 is 1.18 bits per heavy atom. The molecule has 1 aliphatic carbocycles. The fourth-order valence-electron chi connectivity index (χ4n) is 9.95. The first kappa shape index (κ1) is 33.9. The molecule has 60 heavy (non-hydrogen) atoms. The third-order valence-corrected chi connectivity index (χ3v) is 14.8. The van der Waals surface area contributed by atoms with E-state index in [1.165, 1.54) is 53.5 Å². The second-order valence-corrected chi connectivity index (χ2v) is 18.4. The zero-order chi connectivity index (χ0) is 39.9. The van der Waals surface area contributed by atoms with Crippen molar-refractivity contribution in [1.29, 1.82) is 0 Å². The van der Waals surface area contributed by atoms with Gasteiger partial charge < -0.3 is 9.13 Å². The van der Waals surface area contributed by atoms with Gasteiger partial charge in [0.15, 0.2) is 5.43 Å². The molecular formula is C53H34N4OS2. The Morgan fingerprint density at radius 3 is 1.98 bits per heavy atom. The lowest BCUT2D eigenvalue weighted by molar-refractivity contribution is 0.661. The standard InChI is InChI=1S/C53H34N4OS2/c1-53(2)40-17-9-6-14-34(40)37-26-38-35-15-7-10-18-43(35)56(45(38)28-41(37)53)33-22-20-31(21-23-33)52-54-42-27-39-46(29-47(42)57(52)50-30-49-48(60-50)24-25-59-49)55(32-12-4-3-5-13-32)44-19-11-8-16-36(44)51(39)58/h3-30H,1-2H3.